The molecule has 2 saturated heterocycles. The number of nitrogens with zero attached hydrogens (tertiary/aromatic N) is 4. The van der Waals surface area contributed by atoms with Crippen molar-refractivity contribution in [3.05, 3.63) is 0 Å². The highest BCUT2D eigenvalue weighted by atomic mass is 16.2. The number of rotatable bonds is 5. The van der Waals surface area contributed by atoms with Gasteiger partial charge in [-0.1, -0.05) is 0 Å². The van der Waals surface area contributed by atoms with Crippen molar-refractivity contribution < 1.29 is 19.2 Å². The standard InChI is InChI=1S/C14H22N4O4/c1-11(19)15(17-7-3-5-13(17)21)9-10-16(12(2)20)18-8-4-6-14(18)22/h3-10H2,1-2H3. The Kier molecular flexibility index (Phi) is 4.99. The van der Waals surface area contributed by atoms with Crippen LogP contribution in [0.15, 0.2) is 0 Å². The van der Waals surface area contributed by atoms with Gasteiger partial charge in [0.1, 0.15) is 0 Å². The SMILES string of the molecule is CC(=O)N(CCN(C(C)=O)N1CCCC1=O)N1CCCC1=O. The van der Waals surface area contributed by atoms with Gasteiger partial charge in [0.2, 0.25) is 23.6 Å². The molecule has 0 aromatic carbocycles. The number of hydrogen-bond donors (Lipinski definition) is 0. The summed E-state index contributed by atoms with van der Waals surface area (Å²) in [6, 6.07) is 0. The maximum absolute atomic E-state index is 11.8. The Hall–Kier alpha value is -2.12. The van der Waals surface area contributed by atoms with Crippen molar-refractivity contribution in [3.8, 4) is 0 Å². The third-order valence-electron chi connectivity index (χ3n) is 3.93. The van der Waals surface area contributed by atoms with Crippen molar-refractivity contribution in [2.45, 2.75) is 39.5 Å². The zero-order chi connectivity index (χ0) is 16.3. The maximum atomic E-state index is 11.8. The number of hydrogen-bond acceptors (Lipinski definition) is 4. The molecule has 0 radical (unpaired) electrons. The minimum Gasteiger partial charge on any atom is -0.273 e. The predicted molar refractivity (Wildman–Crippen MR) is 76.7 cm³/mol. The first-order chi connectivity index (χ1) is 10.4. The summed E-state index contributed by atoms with van der Waals surface area (Å²) in [6.45, 7) is 4.21. The molecule has 0 aromatic rings. The molecule has 0 unspecified atom stereocenters. The molecule has 2 fully saturated rings. The van der Waals surface area contributed by atoms with Crippen LogP contribution in [0.25, 0.3) is 0 Å². The average molecular weight is 310 g/mol. The van der Waals surface area contributed by atoms with Crippen molar-refractivity contribution in [1.29, 1.82) is 0 Å². The Bertz CT molecular complexity index is 449. The molecule has 2 rings (SSSR count). The number of amides is 4. The van der Waals surface area contributed by atoms with Gasteiger partial charge in [0.05, 0.1) is 13.1 Å². The Morgan fingerprint density at radius 2 is 1.23 bits per heavy atom. The van der Waals surface area contributed by atoms with Crippen LogP contribution in [-0.2, 0) is 19.2 Å². The third kappa shape index (κ3) is 3.37. The van der Waals surface area contributed by atoms with Gasteiger partial charge < -0.3 is 0 Å². The zero-order valence-corrected chi connectivity index (χ0v) is 13.1. The van der Waals surface area contributed by atoms with Crippen molar-refractivity contribution >= 4 is 23.6 Å². The van der Waals surface area contributed by atoms with Crippen LogP contribution in [0.4, 0.5) is 0 Å². The second-order valence-electron chi connectivity index (χ2n) is 5.53. The summed E-state index contributed by atoms with van der Waals surface area (Å²) in [5.41, 5.74) is 0. The van der Waals surface area contributed by atoms with Gasteiger partial charge in [0.25, 0.3) is 0 Å². The van der Waals surface area contributed by atoms with Crippen molar-refractivity contribution in [1.82, 2.24) is 20.0 Å². The second kappa shape index (κ2) is 6.76. The lowest BCUT2D eigenvalue weighted by Gasteiger charge is -2.35. The molecule has 0 spiro atoms. The smallest absolute Gasteiger partial charge is 0.241 e. The van der Waals surface area contributed by atoms with E-state index >= 15 is 0 Å². The van der Waals surface area contributed by atoms with Gasteiger partial charge >= 0.3 is 0 Å². The normalized spacial score (nSPS) is 18.1. The Morgan fingerprint density at radius 1 is 0.864 bits per heavy atom. The molecule has 4 amide bonds. The molecular weight excluding hydrogens is 288 g/mol. The molecule has 8 heteroatoms. The molecule has 2 aliphatic heterocycles. The highest BCUT2D eigenvalue weighted by Crippen LogP contribution is 2.16. The van der Waals surface area contributed by atoms with Crippen molar-refractivity contribution in [2.24, 2.45) is 0 Å². The average Bonchev–Trinajstić information content (AvgIpc) is 3.03. The fourth-order valence-corrected chi connectivity index (χ4v) is 2.86. The van der Waals surface area contributed by atoms with Crippen LogP contribution in [0, 0.1) is 0 Å². The lowest BCUT2D eigenvalue weighted by molar-refractivity contribution is -0.165. The number of carbonyl (C=O) groups is 4. The van der Waals surface area contributed by atoms with Crippen LogP contribution < -0.4 is 0 Å². The van der Waals surface area contributed by atoms with Gasteiger partial charge in [-0.25, -0.2) is 10.0 Å². The van der Waals surface area contributed by atoms with E-state index < -0.39 is 0 Å². The van der Waals surface area contributed by atoms with Crippen LogP contribution in [0.3, 0.4) is 0 Å². The molecule has 0 saturated carbocycles. The summed E-state index contributed by atoms with van der Waals surface area (Å²) in [5.74, 6) is -0.651. The fourth-order valence-electron chi connectivity index (χ4n) is 2.86. The van der Waals surface area contributed by atoms with Crippen molar-refractivity contribution in [2.75, 3.05) is 26.2 Å². The first-order valence-electron chi connectivity index (χ1n) is 7.58. The van der Waals surface area contributed by atoms with E-state index in [1.807, 2.05) is 0 Å². The minimum absolute atomic E-state index is 0.0816. The third-order valence-corrected chi connectivity index (χ3v) is 3.93. The quantitative estimate of drug-likeness (QED) is 0.702. The second-order valence-corrected chi connectivity index (χ2v) is 5.53. The van der Waals surface area contributed by atoms with Crippen LogP contribution in [0.2, 0.25) is 0 Å². The van der Waals surface area contributed by atoms with E-state index in [-0.39, 0.29) is 36.7 Å². The highest BCUT2D eigenvalue weighted by Gasteiger charge is 2.31. The zero-order valence-electron chi connectivity index (χ0n) is 13.1. The fraction of sp³-hybridized carbons (Fsp3) is 0.714. The lowest BCUT2D eigenvalue weighted by Crippen LogP contribution is -2.53. The largest absolute Gasteiger partial charge is 0.273 e. The van der Waals surface area contributed by atoms with E-state index in [9.17, 15) is 19.2 Å². The first-order valence-corrected chi connectivity index (χ1v) is 7.58. The molecule has 0 aliphatic carbocycles. The molecule has 2 aliphatic rings. The van der Waals surface area contributed by atoms with E-state index in [4.69, 9.17) is 0 Å². The minimum atomic E-state index is -0.244. The van der Waals surface area contributed by atoms with Crippen LogP contribution in [0.1, 0.15) is 39.5 Å². The van der Waals surface area contributed by atoms with Crippen LogP contribution >= 0.6 is 0 Å². The van der Waals surface area contributed by atoms with Gasteiger partial charge in [-0.2, -0.15) is 0 Å². The molecule has 0 bridgehead atoms. The molecule has 122 valence electrons. The predicted octanol–water partition coefficient (Wildman–Crippen LogP) is -0.242. The van der Waals surface area contributed by atoms with E-state index in [1.165, 1.54) is 33.9 Å². The maximum Gasteiger partial charge on any atom is 0.241 e. The Morgan fingerprint density at radius 3 is 1.45 bits per heavy atom. The van der Waals surface area contributed by atoms with Crippen LogP contribution in [-0.4, -0.2) is 69.8 Å². The van der Waals surface area contributed by atoms with Crippen molar-refractivity contribution in [3.63, 3.8) is 0 Å². The number of carbonyl (C=O) groups excluding carboxylic acids is 4. The molecule has 2 heterocycles. The summed E-state index contributed by atoms with van der Waals surface area (Å²) in [5, 5.41) is 5.61. The molecule has 0 atom stereocenters. The van der Waals surface area contributed by atoms with Crippen LogP contribution in [0.5, 0.6) is 0 Å². The van der Waals surface area contributed by atoms with Gasteiger partial charge in [-0.15, -0.1) is 0 Å². The van der Waals surface area contributed by atoms with Gasteiger partial charge in [0.15, 0.2) is 0 Å². The number of hydrazine groups is 2. The molecule has 8 nitrogen and oxygen atoms in total. The molecular formula is C14H22N4O4. The molecule has 22 heavy (non-hydrogen) atoms. The van der Waals surface area contributed by atoms with E-state index in [0.29, 0.717) is 25.9 Å². The summed E-state index contributed by atoms with van der Waals surface area (Å²) >= 11 is 0. The summed E-state index contributed by atoms with van der Waals surface area (Å²) < 4.78 is 0. The van der Waals surface area contributed by atoms with E-state index in [2.05, 4.69) is 0 Å². The summed E-state index contributed by atoms with van der Waals surface area (Å²) in [6.07, 6.45) is 2.32. The highest BCUT2D eigenvalue weighted by molar-refractivity contribution is 5.83. The van der Waals surface area contributed by atoms with Gasteiger partial charge in [0, 0.05) is 39.8 Å². The summed E-state index contributed by atoms with van der Waals surface area (Å²) in [4.78, 5) is 47.2. The van der Waals surface area contributed by atoms with Gasteiger partial charge in [-0.05, 0) is 12.8 Å². The van der Waals surface area contributed by atoms with E-state index in [0.717, 1.165) is 12.8 Å². The van der Waals surface area contributed by atoms with Gasteiger partial charge in [-0.3, -0.25) is 29.2 Å². The molecule has 0 N–H and O–H groups in total. The Balaban J connectivity index is 2.03. The first kappa shape index (κ1) is 16.3. The lowest BCUT2D eigenvalue weighted by atomic mass is 10.4. The van der Waals surface area contributed by atoms with E-state index in [1.54, 1.807) is 0 Å². The topological polar surface area (TPSA) is 81.2 Å². The molecule has 0 aromatic heterocycles. The monoisotopic (exact) mass is 310 g/mol. The summed E-state index contributed by atoms with van der Waals surface area (Å²) in [7, 11) is 0. The Labute approximate surface area is 129 Å².